The summed E-state index contributed by atoms with van der Waals surface area (Å²) in [7, 11) is 0. The van der Waals surface area contributed by atoms with Crippen molar-refractivity contribution in [3.05, 3.63) is 34.9 Å². The van der Waals surface area contributed by atoms with E-state index in [0.717, 1.165) is 25.9 Å². The Morgan fingerprint density at radius 1 is 1.19 bits per heavy atom. The van der Waals surface area contributed by atoms with E-state index in [-0.39, 0.29) is 11.1 Å². The van der Waals surface area contributed by atoms with Crippen molar-refractivity contribution >= 4 is 29.2 Å². The molecule has 1 aliphatic heterocycles. The lowest BCUT2D eigenvalue weighted by molar-refractivity contribution is 0.619. The molecule has 0 bridgehead atoms. The van der Waals surface area contributed by atoms with Gasteiger partial charge in [0.15, 0.2) is 0 Å². The number of nitrogens with zero attached hydrogens (tertiary/aromatic N) is 4. The van der Waals surface area contributed by atoms with E-state index in [1.165, 1.54) is 6.07 Å². The molecular weight excluding hydrogens is 293 g/mol. The molecule has 0 unspecified atom stereocenters. The van der Waals surface area contributed by atoms with E-state index in [9.17, 15) is 4.39 Å². The van der Waals surface area contributed by atoms with Crippen LogP contribution < -0.4 is 10.2 Å². The molecule has 21 heavy (non-hydrogen) atoms. The summed E-state index contributed by atoms with van der Waals surface area (Å²) in [6.45, 7) is 3.56. The highest BCUT2D eigenvalue weighted by molar-refractivity contribution is 6.28. The Morgan fingerprint density at radius 2 is 1.95 bits per heavy atom. The summed E-state index contributed by atoms with van der Waals surface area (Å²) in [5, 5.41) is 3.18. The molecule has 2 heterocycles. The minimum atomic E-state index is -0.244. The van der Waals surface area contributed by atoms with Gasteiger partial charge in [-0.2, -0.15) is 15.0 Å². The lowest BCUT2D eigenvalue weighted by atomic mass is 10.2. The third-order valence-electron chi connectivity index (χ3n) is 3.40. The lowest BCUT2D eigenvalue weighted by Gasteiger charge is -2.15. The van der Waals surface area contributed by atoms with Crippen molar-refractivity contribution in [2.24, 2.45) is 0 Å². The highest BCUT2D eigenvalue weighted by Crippen LogP contribution is 2.21. The van der Waals surface area contributed by atoms with Crippen LogP contribution in [0, 0.1) is 12.7 Å². The Labute approximate surface area is 127 Å². The standard InChI is InChI=1S/C14H15ClFN5/c1-9-8-10(4-5-11(9)16)17-13-18-12(15)19-14(20-13)21-6-2-3-7-21/h4-5,8H,2-3,6-7H2,1H3,(H,17,18,19,20). The highest BCUT2D eigenvalue weighted by atomic mass is 35.5. The van der Waals surface area contributed by atoms with E-state index in [4.69, 9.17) is 11.6 Å². The van der Waals surface area contributed by atoms with Crippen molar-refractivity contribution in [3.8, 4) is 0 Å². The summed E-state index contributed by atoms with van der Waals surface area (Å²) < 4.78 is 13.3. The minimum absolute atomic E-state index is 0.147. The maximum absolute atomic E-state index is 13.3. The normalized spacial score (nSPS) is 14.5. The number of benzene rings is 1. The van der Waals surface area contributed by atoms with Gasteiger partial charge < -0.3 is 10.2 Å². The number of hydrogen-bond donors (Lipinski definition) is 1. The second-order valence-electron chi connectivity index (χ2n) is 5.01. The molecule has 0 spiro atoms. The first-order chi connectivity index (χ1) is 10.1. The zero-order chi connectivity index (χ0) is 14.8. The monoisotopic (exact) mass is 307 g/mol. The number of anilines is 3. The maximum atomic E-state index is 13.3. The summed E-state index contributed by atoms with van der Waals surface area (Å²) in [5.41, 5.74) is 1.27. The predicted octanol–water partition coefficient (Wildman–Crippen LogP) is 3.32. The molecule has 110 valence electrons. The van der Waals surface area contributed by atoms with E-state index < -0.39 is 0 Å². The fourth-order valence-electron chi connectivity index (χ4n) is 2.31. The van der Waals surface area contributed by atoms with Gasteiger partial charge in [0.25, 0.3) is 0 Å². The summed E-state index contributed by atoms with van der Waals surface area (Å²) in [6, 6.07) is 4.74. The van der Waals surface area contributed by atoms with Crippen LogP contribution in [0.2, 0.25) is 5.28 Å². The molecule has 0 aliphatic carbocycles. The van der Waals surface area contributed by atoms with Gasteiger partial charge in [0.1, 0.15) is 5.82 Å². The van der Waals surface area contributed by atoms with Crippen LogP contribution in [-0.2, 0) is 0 Å². The number of rotatable bonds is 3. The second-order valence-corrected chi connectivity index (χ2v) is 5.35. The first-order valence-electron chi connectivity index (χ1n) is 6.81. The molecule has 1 fully saturated rings. The van der Waals surface area contributed by atoms with Gasteiger partial charge in [-0.05, 0) is 55.1 Å². The van der Waals surface area contributed by atoms with Crippen LogP contribution in [0.3, 0.4) is 0 Å². The Bertz CT molecular complexity index is 658. The molecule has 0 amide bonds. The first kappa shape index (κ1) is 14.0. The van der Waals surface area contributed by atoms with E-state index >= 15 is 0 Å². The van der Waals surface area contributed by atoms with Gasteiger partial charge in [-0.1, -0.05) is 0 Å². The summed E-state index contributed by atoms with van der Waals surface area (Å²) in [4.78, 5) is 14.7. The molecule has 1 saturated heterocycles. The van der Waals surface area contributed by atoms with Crippen molar-refractivity contribution in [1.82, 2.24) is 15.0 Å². The van der Waals surface area contributed by atoms with E-state index in [1.54, 1.807) is 19.1 Å². The topological polar surface area (TPSA) is 53.9 Å². The number of nitrogens with one attached hydrogen (secondary N) is 1. The van der Waals surface area contributed by atoms with Crippen molar-refractivity contribution in [2.45, 2.75) is 19.8 Å². The van der Waals surface area contributed by atoms with Gasteiger partial charge in [0, 0.05) is 18.8 Å². The average molecular weight is 308 g/mol. The van der Waals surface area contributed by atoms with Gasteiger partial charge >= 0.3 is 0 Å². The number of hydrogen-bond acceptors (Lipinski definition) is 5. The van der Waals surface area contributed by atoms with Gasteiger partial charge in [-0.25, -0.2) is 4.39 Å². The van der Waals surface area contributed by atoms with Crippen LogP contribution in [0.1, 0.15) is 18.4 Å². The van der Waals surface area contributed by atoms with Crippen LogP contribution >= 0.6 is 11.6 Å². The van der Waals surface area contributed by atoms with Crippen molar-refractivity contribution in [3.63, 3.8) is 0 Å². The fraction of sp³-hybridized carbons (Fsp3) is 0.357. The average Bonchev–Trinajstić information content (AvgIpc) is 2.96. The van der Waals surface area contributed by atoms with Gasteiger partial charge in [0.05, 0.1) is 0 Å². The van der Waals surface area contributed by atoms with Crippen LogP contribution in [0.4, 0.5) is 22.0 Å². The van der Waals surface area contributed by atoms with Crippen LogP contribution in [0.25, 0.3) is 0 Å². The van der Waals surface area contributed by atoms with Gasteiger partial charge in [0.2, 0.25) is 17.2 Å². The Balaban J connectivity index is 1.85. The SMILES string of the molecule is Cc1cc(Nc2nc(Cl)nc(N3CCCC3)n2)ccc1F. The molecule has 5 nitrogen and oxygen atoms in total. The fourth-order valence-corrected chi connectivity index (χ4v) is 2.46. The molecule has 0 saturated carbocycles. The number of aromatic nitrogens is 3. The third-order valence-corrected chi connectivity index (χ3v) is 3.57. The zero-order valence-electron chi connectivity index (χ0n) is 11.6. The lowest BCUT2D eigenvalue weighted by Crippen LogP contribution is -2.21. The Kier molecular flexibility index (Phi) is 3.88. The first-order valence-corrected chi connectivity index (χ1v) is 7.19. The highest BCUT2D eigenvalue weighted by Gasteiger charge is 2.17. The maximum Gasteiger partial charge on any atom is 0.233 e. The van der Waals surface area contributed by atoms with E-state index in [0.29, 0.717) is 23.1 Å². The zero-order valence-corrected chi connectivity index (χ0v) is 12.4. The molecular formula is C14H15ClFN5. The van der Waals surface area contributed by atoms with Crippen molar-refractivity contribution in [2.75, 3.05) is 23.3 Å². The molecule has 1 aromatic carbocycles. The summed E-state index contributed by atoms with van der Waals surface area (Å²) in [5.74, 6) is 0.698. The molecule has 1 aliphatic rings. The molecule has 1 N–H and O–H groups in total. The molecule has 2 aromatic rings. The summed E-state index contributed by atoms with van der Waals surface area (Å²) in [6.07, 6.45) is 2.26. The smallest absolute Gasteiger partial charge is 0.233 e. The van der Waals surface area contributed by atoms with Gasteiger partial charge in [-0.3, -0.25) is 0 Å². The Hall–Kier alpha value is -1.95. The molecule has 1 aromatic heterocycles. The van der Waals surface area contributed by atoms with Crippen LogP contribution in [0.15, 0.2) is 18.2 Å². The number of aryl methyl sites for hydroxylation is 1. The third kappa shape index (κ3) is 3.21. The predicted molar refractivity (Wildman–Crippen MR) is 80.7 cm³/mol. The molecule has 7 heteroatoms. The Morgan fingerprint density at radius 3 is 2.67 bits per heavy atom. The molecule has 3 rings (SSSR count). The van der Waals surface area contributed by atoms with E-state index in [1.807, 2.05) is 0 Å². The van der Waals surface area contributed by atoms with Crippen molar-refractivity contribution < 1.29 is 4.39 Å². The summed E-state index contributed by atoms with van der Waals surface area (Å²) >= 11 is 5.96. The largest absolute Gasteiger partial charge is 0.341 e. The minimum Gasteiger partial charge on any atom is -0.341 e. The van der Waals surface area contributed by atoms with Crippen LogP contribution in [-0.4, -0.2) is 28.0 Å². The molecule has 0 radical (unpaired) electrons. The van der Waals surface area contributed by atoms with E-state index in [2.05, 4.69) is 25.2 Å². The van der Waals surface area contributed by atoms with Crippen LogP contribution in [0.5, 0.6) is 0 Å². The van der Waals surface area contributed by atoms with Gasteiger partial charge in [-0.15, -0.1) is 0 Å². The molecule has 0 atom stereocenters. The second kappa shape index (κ2) is 5.81. The number of halogens is 2. The quantitative estimate of drug-likeness (QED) is 0.942. The van der Waals surface area contributed by atoms with Crippen molar-refractivity contribution in [1.29, 1.82) is 0 Å².